The summed E-state index contributed by atoms with van der Waals surface area (Å²) in [6.07, 6.45) is 0.736. The fraction of sp³-hybridized carbons (Fsp3) is 0.455. The molecule has 5 heteroatoms. The molecule has 0 saturated heterocycles. The predicted molar refractivity (Wildman–Crippen MR) is 72.2 cm³/mol. The molecular weight excluding hydrogens is 313 g/mol. The minimum absolute atomic E-state index is 0.0250. The van der Waals surface area contributed by atoms with Gasteiger partial charge in [-0.05, 0) is 34.3 Å². The Morgan fingerprint density at radius 1 is 1.44 bits per heavy atom. The molecule has 90 valence electrons. The van der Waals surface area contributed by atoms with Gasteiger partial charge in [0.1, 0.15) is 5.75 Å². The smallest absolute Gasteiger partial charge is 0.140 e. The van der Waals surface area contributed by atoms with E-state index < -0.39 is 0 Å². The van der Waals surface area contributed by atoms with Gasteiger partial charge >= 0.3 is 0 Å². The highest BCUT2D eigenvalue weighted by Gasteiger charge is 2.20. The number of hydrogen-bond acceptors (Lipinski definition) is 2. The summed E-state index contributed by atoms with van der Waals surface area (Å²) in [6, 6.07) is 1.24. The molecule has 1 unspecified atom stereocenters. The number of nitrogens with two attached hydrogens (primary N) is 1. The van der Waals surface area contributed by atoms with Crippen LogP contribution in [0.4, 0.5) is 0 Å². The first-order chi connectivity index (χ1) is 7.34. The number of phenols is 1. The Hall–Kier alpha value is 0.0400. The van der Waals surface area contributed by atoms with Crippen LogP contribution in [0.1, 0.15) is 31.9 Å². The first kappa shape index (κ1) is 14.1. The molecule has 0 aromatic heterocycles. The molecular formula is C11H14BrCl2NO. The Bertz CT molecular complexity index is 370. The standard InChI is InChI=1S/C11H14BrCl2NO/c1-5(2)3-8(15)9-10(14)6(12)4-7(13)11(9)16/h4-5,8,16H,3,15H2,1-2H3. The lowest BCUT2D eigenvalue weighted by Crippen LogP contribution is -2.14. The van der Waals surface area contributed by atoms with Gasteiger partial charge in [0.15, 0.2) is 0 Å². The third kappa shape index (κ3) is 3.04. The van der Waals surface area contributed by atoms with Crippen molar-refractivity contribution < 1.29 is 5.11 Å². The normalized spacial score (nSPS) is 13.2. The molecule has 0 aliphatic rings. The van der Waals surface area contributed by atoms with Crippen molar-refractivity contribution in [2.24, 2.45) is 11.7 Å². The minimum Gasteiger partial charge on any atom is -0.506 e. The number of phenolic OH excluding ortho intramolecular Hbond substituents is 1. The average Bonchev–Trinajstić information content (AvgIpc) is 2.14. The lowest BCUT2D eigenvalue weighted by atomic mass is 9.97. The van der Waals surface area contributed by atoms with Gasteiger partial charge in [0.2, 0.25) is 0 Å². The highest BCUT2D eigenvalue weighted by atomic mass is 79.9. The Labute approximate surface area is 114 Å². The van der Waals surface area contributed by atoms with E-state index >= 15 is 0 Å². The molecule has 3 N–H and O–H groups in total. The monoisotopic (exact) mass is 325 g/mol. The van der Waals surface area contributed by atoms with E-state index in [4.69, 9.17) is 28.9 Å². The number of benzene rings is 1. The van der Waals surface area contributed by atoms with Crippen molar-refractivity contribution in [1.29, 1.82) is 0 Å². The van der Waals surface area contributed by atoms with Crippen LogP contribution in [-0.2, 0) is 0 Å². The molecule has 0 heterocycles. The van der Waals surface area contributed by atoms with E-state index in [0.29, 0.717) is 21.0 Å². The maximum Gasteiger partial charge on any atom is 0.140 e. The Kier molecular flexibility index (Phi) is 4.92. The predicted octanol–water partition coefficient (Wildman–Crippen LogP) is 4.51. The van der Waals surface area contributed by atoms with Gasteiger partial charge in [0, 0.05) is 16.1 Å². The molecule has 0 amide bonds. The zero-order valence-corrected chi connectivity index (χ0v) is 12.2. The van der Waals surface area contributed by atoms with Gasteiger partial charge in [0.25, 0.3) is 0 Å². The third-order valence-electron chi connectivity index (χ3n) is 2.28. The summed E-state index contributed by atoms with van der Waals surface area (Å²) >= 11 is 15.3. The molecule has 0 aliphatic carbocycles. The summed E-state index contributed by atoms with van der Waals surface area (Å²) in [5.41, 5.74) is 6.52. The summed E-state index contributed by atoms with van der Waals surface area (Å²) in [5, 5.41) is 10.5. The van der Waals surface area contributed by atoms with E-state index in [1.54, 1.807) is 6.07 Å². The quantitative estimate of drug-likeness (QED) is 0.803. The molecule has 1 aromatic carbocycles. The fourth-order valence-corrected chi connectivity index (χ4v) is 2.64. The van der Waals surface area contributed by atoms with Gasteiger partial charge in [-0.1, -0.05) is 37.0 Å². The SMILES string of the molecule is CC(C)CC(N)c1c(O)c(Cl)cc(Br)c1Cl. The summed E-state index contributed by atoms with van der Waals surface area (Å²) in [7, 11) is 0. The molecule has 1 atom stereocenters. The summed E-state index contributed by atoms with van der Waals surface area (Å²) in [6.45, 7) is 4.12. The van der Waals surface area contributed by atoms with Crippen molar-refractivity contribution in [3.8, 4) is 5.75 Å². The first-order valence-electron chi connectivity index (χ1n) is 4.96. The van der Waals surface area contributed by atoms with E-state index in [9.17, 15) is 5.11 Å². The summed E-state index contributed by atoms with van der Waals surface area (Å²) in [5.74, 6) is 0.395. The summed E-state index contributed by atoms with van der Waals surface area (Å²) in [4.78, 5) is 0. The van der Waals surface area contributed by atoms with Crippen LogP contribution in [0.5, 0.6) is 5.75 Å². The minimum atomic E-state index is -0.317. The van der Waals surface area contributed by atoms with Gasteiger partial charge in [-0.3, -0.25) is 0 Å². The first-order valence-corrected chi connectivity index (χ1v) is 6.51. The Balaban J connectivity index is 3.21. The molecule has 0 spiro atoms. The molecule has 0 saturated carbocycles. The molecule has 0 bridgehead atoms. The van der Waals surface area contributed by atoms with E-state index in [1.165, 1.54) is 0 Å². The fourth-order valence-electron chi connectivity index (χ4n) is 1.57. The Morgan fingerprint density at radius 3 is 2.50 bits per heavy atom. The van der Waals surface area contributed by atoms with Crippen molar-refractivity contribution >= 4 is 39.1 Å². The highest BCUT2D eigenvalue weighted by Crippen LogP contribution is 2.42. The van der Waals surface area contributed by atoms with E-state index in [0.717, 1.165) is 6.42 Å². The molecule has 2 nitrogen and oxygen atoms in total. The van der Waals surface area contributed by atoms with Gasteiger partial charge in [-0.25, -0.2) is 0 Å². The van der Waals surface area contributed by atoms with Crippen LogP contribution < -0.4 is 5.73 Å². The van der Waals surface area contributed by atoms with Crippen molar-refractivity contribution in [2.45, 2.75) is 26.3 Å². The number of rotatable bonds is 3. The summed E-state index contributed by atoms with van der Waals surface area (Å²) < 4.78 is 0.645. The second-order valence-corrected chi connectivity index (χ2v) is 5.79. The molecule has 1 aromatic rings. The molecule has 16 heavy (non-hydrogen) atoms. The molecule has 0 aliphatic heterocycles. The van der Waals surface area contributed by atoms with Gasteiger partial charge < -0.3 is 10.8 Å². The largest absolute Gasteiger partial charge is 0.506 e. The van der Waals surface area contributed by atoms with Crippen molar-refractivity contribution in [3.05, 3.63) is 26.1 Å². The third-order valence-corrected chi connectivity index (χ3v) is 3.83. The second kappa shape index (κ2) is 5.58. The average molecular weight is 327 g/mol. The van der Waals surface area contributed by atoms with Crippen molar-refractivity contribution in [1.82, 2.24) is 0 Å². The van der Waals surface area contributed by atoms with Crippen molar-refractivity contribution in [2.75, 3.05) is 0 Å². The van der Waals surface area contributed by atoms with Gasteiger partial charge in [-0.15, -0.1) is 0 Å². The number of hydrogen-bond donors (Lipinski definition) is 2. The molecule has 0 fully saturated rings. The van der Waals surface area contributed by atoms with E-state index in [1.807, 2.05) is 0 Å². The zero-order valence-electron chi connectivity index (χ0n) is 9.10. The van der Waals surface area contributed by atoms with Crippen LogP contribution in [0.3, 0.4) is 0 Å². The zero-order chi connectivity index (χ0) is 12.5. The van der Waals surface area contributed by atoms with Crippen LogP contribution >= 0.6 is 39.1 Å². The van der Waals surface area contributed by atoms with Gasteiger partial charge in [-0.2, -0.15) is 0 Å². The highest BCUT2D eigenvalue weighted by molar-refractivity contribution is 9.10. The number of aromatic hydroxyl groups is 1. The van der Waals surface area contributed by atoms with Crippen LogP contribution in [0.2, 0.25) is 10.0 Å². The van der Waals surface area contributed by atoms with Crippen LogP contribution in [-0.4, -0.2) is 5.11 Å². The molecule has 0 radical (unpaired) electrons. The van der Waals surface area contributed by atoms with E-state index in [-0.39, 0.29) is 16.8 Å². The van der Waals surface area contributed by atoms with Crippen molar-refractivity contribution in [3.63, 3.8) is 0 Å². The lowest BCUT2D eigenvalue weighted by molar-refractivity contribution is 0.445. The topological polar surface area (TPSA) is 46.2 Å². The molecule has 1 rings (SSSR count). The maximum absolute atomic E-state index is 9.87. The van der Waals surface area contributed by atoms with Crippen LogP contribution in [0.25, 0.3) is 0 Å². The Morgan fingerprint density at radius 2 is 2.00 bits per heavy atom. The van der Waals surface area contributed by atoms with E-state index in [2.05, 4.69) is 29.8 Å². The van der Waals surface area contributed by atoms with Crippen LogP contribution in [0, 0.1) is 5.92 Å². The lowest BCUT2D eigenvalue weighted by Gasteiger charge is -2.18. The maximum atomic E-state index is 9.87. The number of halogens is 3. The van der Waals surface area contributed by atoms with Gasteiger partial charge in [0.05, 0.1) is 10.0 Å². The van der Waals surface area contributed by atoms with Crippen LogP contribution in [0.15, 0.2) is 10.5 Å². The second-order valence-electron chi connectivity index (χ2n) is 4.15.